The zero-order valence-corrected chi connectivity index (χ0v) is 6.15. The van der Waals surface area contributed by atoms with Crippen LogP contribution in [0.2, 0.25) is 0 Å². The van der Waals surface area contributed by atoms with Crippen LogP contribution in [0.25, 0.3) is 0 Å². The number of carboxylic acids is 1. The molecule has 0 amide bonds. The molecule has 0 spiro atoms. The van der Waals surface area contributed by atoms with E-state index in [1.165, 1.54) is 12.1 Å². The summed E-state index contributed by atoms with van der Waals surface area (Å²) >= 11 is 0. The first-order valence-corrected chi connectivity index (χ1v) is 3.04. The fourth-order valence-corrected chi connectivity index (χ4v) is 0.713. The maximum Gasteiger partial charge on any atom is 0.377 e. The second-order valence-electron chi connectivity index (χ2n) is 2.00. The smallest absolute Gasteiger partial charge is 0.377 e. The first-order valence-electron chi connectivity index (χ1n) is 3.04. The van der Waals surface area contributed by atoms with E-state index in [0.29, 0.717) is 0 Å². The molecule has 1 rings (SSSR count). The van der Waals surface area contributed by atoms with E-state index >= 15 is 0 Å². The topological polar surface area (TPSA) is 85.9 Å². The van der Waals surface area contributed by atoms with Crippen LogP contribution in [0.3, 0.4) is 0 Å². The molecule has 64 valence electrons. The maximum absolute atomic E-state index is 10.7. The molecule has 0 aliphatic rings. The van der Waals surface area contributed by atoms with E-state index in [-0.39, 0.29) is 11.0 Å². The Labute approximate surface area is 68.8 Å². The summed E-state index contributed by atoms with van der Waals surface area (Å²) in [5.41, 5.74) is 0.208. The SMILES string of the molecule is O.O=C(O)C(=O)c1ccccc1. The Morgan fingerprint density at radius 1 is 1.08 bits per heavy atom. The van der Waals surface area contributed by atoms with E-state index in [0.717, 1.165) is 0 Å². The third kappa shape index (κ3) is 2.17. The van der Waals surface area contributed by atoms with Crippen molar-refractivity contribution < 1.29 is 20.2 Å². The van der Waals surface area contributed by atoms with Crippen molar-refractivity contribution in [1.82, 2.24) is 0 Å². The van der Waals surface area contributed by atoms with E-state index in [1.54, 1.807) is 18.2 Å². The van der Waals surface area contributed by atoms with Gasteiger partial charge in [-0.25, -0.2) is 4.79 Å². The molecule has 0 saturated carbocycles. The van der Waals surface area contributed by atoms with Gasteiger partial charge in [0.25, 0.3) is 5.78 Å². The number of carboxylic acid groups (broad SMARTS) is 1. The molecule has 1 aromatic rings. The molecule has 3 N–H and O–H groups in total. The Hall–Kier alpha value is -1.68. The summed E-state index contributed by atoms with van der Waals surface area (Å²) in [4.78, 5) is 20.9. The number of hydrogen-bond donors (Lipinski definition) is 1. The summed E-state index contributed by atoms with van der Waals surface area (Å²) in [6.07, 6.45) is 0. The van der Waals surface area contributed by atoms with Crippen molar-refractivity contribution in [2.45, 2.75) is 0 Å². The summed E-state index contributed by atoms with van der Waals surface area (Å²) < 4.78 is 0. The van der Waals surface area contributed by atoms with Crippen LogP contribution < -0.4 is 0 Å². The van der Waals surface area contributed by atoms with Crippen LogP contribution in [0, 0.1) is 0 Å². The van der Waals surface area contributed by atoms with Gasteiger partial charge in [-0.1, -0.05) is 30.3 Å². The number of carbonyl (C=O) groups excluding carboxylic acids is 1. The summed E-state index contributed by atoms with van der Waals surface area (Å²) in [6, 6.07) is 7.90. The molecule has 0 aromatic heterocycles. The molecule has 0 unspecified atom stereocenters. The molecular weight excluding hydrogens is 160 g/mol. The summed E-state index contributed by atoms with van der Waals surface area (Å²) in [5, 5.41) is 8.29. The average molecular weight is 168 g/mol. The van der Waals surface area contributed by atoms with Crippen LogP contribution in [-0.2, 0) is 4.79 Å². The predicted molar refractivity (Wildman–Crippen MR) is 42.0 cm³/mol. The number of aliphatic carboxylic acids is 1. The third-order valence-corrected chi connectivity index (χ3v) is 1.23. The fourth-order valence-electron chi connectivity index (χ4n) is 0.713. The normalized spacial score (nSPS) is 8.33. The first kappa shape index (κ1) is 10.3. The van der Waals surface area contributed by atoms with Crippen LogP contribution in [0.15, 0.2) is 30.3 Å². The standard InChI is InChI=1S/C8H6O3.H2O/c9-7(8(10)11)6-4-2-1-3-5-6;/h1-5H,(H,10,11);1H2. The first-order chi connectivity index (χ1) is 5.22. The molecule has 4 nitrogen and oxygen atoms in total. The van der Waals surface area contributed by atoms with Crippen molar-refractivity contribution in [1.29, 1.82) is 0 Å². The van der Waals surface area contributed by atoms with Crippen LogP contribution in [0.5, 0.6) is 0 Å². The molecule has 12 heavy (non-hydrogen) atoms. The highest BCUT2D eigenvalue weighted by molar-refractivity contribution is 6.39. The van der Waals surface area contributed by atoms with Gasteiger partial charge >= 0.3 is 5.97 Å². The average Bonchev–Trinajstić information content (AvgIpc) is 2.05. The van der Waals surface area contributed by atoms with E-state index in [2.05, 4.69) is 0 Å². The molecule has 1 aromatic carbocycles. The highest BCUT2D eigenvalue weighted by Gasteiger charge is 2.12. The van der Waals surface area contributed by atoms with Gasteiger partial charge in [-0.15, -0.1) is 0 Å². The van der Waals surface area contributed by atoms with E-state index in [4.69, 9.17) is 5.11 Å². The molecule has 0 radical (unpaired) electrons. The molecule has 4 heteroatoms. The number of ketones is 1. The largest absolute Gasteiger partial charge is 0.475 e. The summed E-state index contributed by atoms with van der Waals surface area (Å²) in [6.45, 7) is 0. The van der Waals surface area contributed by atoms with Crippen molar-refractivity contribution in [2.75, 3.05) is 0 Å². The Kier molecular flexibility index (Phi) is 3.66. The molecule has 0 fully saturated rings. The van der Waals surface area contributed by atoms with Gasteiger partial charge in [0.15, 0.2) is 0 Å². The van der Waals surface area contributed by atoms with E-state index < -0.39 is 11.8 Å². The van der Waals surface area contributed by atoms with Crippen molar-refractivity contribution in [3.63, 3.8) is 0 Å². The number of hydrogen-bond acceptors (Lipinski definition) is 2. The molecule has 0 aliphatic heterocycles. The van der Waals surface area contributed by atoms with Crippen LogP contribution in [0.1, 0.15) is 10.4 Å². The predicted octanol–water partition coefficient (Wildman–Crippen LogP) is 0.129. The van der Waals surface area contributed by atoms with Crippen molar-refractivity contribution in [2.24, 2.45) is 0 Å². The quantitative estimate of drug-likeness (QED) is 0.503. The zero-order valence-electron chi connectivity index (χ0n) is 6.15. The minimum Gasteiger partial charge on any atom is -0.475 e. The second-order valence-corrected chi connectivity index (χ2v) is 2.00. The van der Waals surface area contributed by atoms with Gasteiger partial charge in [0.2, 0.25) is 0 Å². The highest BCUT2D eigenvalue weighted by atomic mass is 16.4. The van der Waals surface area contributed by atoms with Gasteiger partial charge in [-0.2, -0.15) is 0 Å². The summed E-state index contributed by atoms with van der Waals surface area (Å²) in [5.74, 6) is -2.29. The number of benzene rings is 1. The van der Waals surface area contributed by atoms with Crippen molar-refractivity contribution in [3.8, 4) is 0 Å². The number of carbonyl (C=O) groups is 2. The van der Waals surface area contributed by atoms with Crippen LogP contribution in [-0.4, -0.2) is 22.3 Å². The lowest BCUT2D eigenvalue weighted by atomic mass is 10.1. The number of rotatable bonds is 2. The zero-order chi connectivity index (χ0) is 8.27. The third-order valence-electron chi connectivity index (χ3n) is 1.23. The Morgan fingerprint density at radius 2 is 1.58 bits per heavy atom. The lowest BCUT2D eigenvalue weighted by Gasteiger charge is -1.91. The maximum atomic E-state index is 10.7. The minimum atomic E-state index is -1.42. The van der Waals surface area contributed by atoms with Gasteiger partial charge in [0.05, 0.1) is 0 Å². The lowest BCUT2D eigenvalue weighted by molar-refractivity contribution is -0.131. The van der Waals surface area contributed by atoms with Crippen LogP contribution >= 0.6 is 0 Å². The Bertz CT molecular complexity index is 278. The van der Waals surface area contributed by atoms with Gasteiger partial charge in [0.1, 0.15) is 0 Å². The minimum absolute atomic E-state index is 0. The Morgan fingerprint density at radius 3 is 2.00 bits per heavy atom. The monoisotopic (exact) mass is 168 g/mol. The van der Waals surface area contributed by atoms with E-state index in [1.807, 2.05) is 0 Å². The molecule has 0 bridgehead atoms. The van der Waals surface area contributed by atoms with Crippen molar-refractivity contribution in [3.05, 3.63) is 35.9 Å². The van der Waals surface area contributed by atoms with Gasteiger partial charge < -0.3 is 10.6 Å². The number of Topliss-reactive ketones (excluding diaryl/α,β-unsaturated/α-hetero) is 1. The van der Waals surface area contributed by atoms with Crippen molar-refractivity contribution >= 4 is 11.8 Å². The van der Waals surface area contributed by atoms with Gasteiger partial charge in [0, 0.05) is 5.56 Å². The van der Waals surface area contributed by atoms with Crippen LogP contribution in [0.4, 0.5) is 0 Å². The molecule has 0 atom stereocenters. The Balaban J connectivity index is 0.00000121. The molecule has 0 aliphatic carbocycles. The van der Waals surface area contributed by atoms with E-state index in [9.17, 15) is 9.59 Å². The summed E-state index contributed by atoms with van der Waals surface area (Å²) in [7, 11) is 0. The second kappa shape index (κ2) is 4.25. The molecular formula is C8H8O4. The van der Waals surface area contributed by atoms with Gasteiger partial charge in [-0.05, 0) is 0 Å². The van der Waals surface area contributed by atoms with Gasteiger partial charge in [-0.3, -0.25) is 4.79 Å². The lowest BCUT2D eigenvalue weighted by Crippen LogP contribution is -2.12. The molecule has 0 heterocycles. The fraction of sp³-hybridized carbons (Fsp3) is 0. The molecule has 0 saturated heterocycles. The highest BCUT2D eigenvalue weighted by Crippen LogP contribution is 1.98.